The van der Waals surface area contributed by atoms with Crippen molar-refractivity contribution in [2.24, 2.45) is 5.10 Å². The molecule has 0 atom stereocenters. The van der Waals surface area contributed by atoms with Gasteiger partial charge in [0.25, 0.3) is 0 Å². The van der Waals surface area contributed by atoms with Gasteiger partial charge in [-0.2, -0.15) is 20.1 Å². The minimum Gasteiger partial charge on any atom is -0.423 e. The van der Waals surface area contributed by atoms with Crippen LogP contribution in [0.15, 0.2) is 53.6 Å². The van der Waals surface area contributed by atoms with Crippen molar-refractivity contribution in [1.29, 1.82) is 0 Å². The van der Waals surface area contributed by atoms with E-state index in [-0.39, 0.29) is 0 Å². The zero-order chi connectivity index (χ0) is 25.5. The Morgan fingerprint density at radius 1 is 0.919 bits per heavy atom. The fourth-order valence-corrected chi connectivity index (χ4v) is 4.43. The Kier molecular flexibility index (Phi) is 8.38. The van der Waals surface area contributed by atoms with Crippen molar-refractivity contribution in [3.8, 4) is 5.75 Å². The van der Waals surface area contributed by atoms with E-state index in [0.29, 0.717) is 81.8 Å². The van der Waals surface area contributed by atoms with Crippen molar-refractivity contribution in [2.45, 2.75) is 0 Å². The Balaban J connectivity index is 1.30. The number of carbonyl (C=O) groups excluding carboxylic acids is 1. The molecule has 0 amide bonds. The van der Waals surface area contributed by atoms with E-state index >= 15 is 0 Å². The summed E-state index contributed by atoms with van der Waals surface area (Å²) >= 11 is 2.12. The van der Waals surface area contributed by atoms with Crippen molar-refractivity contribution in [2.75, 3.05) is 67.8 Å². The molecule has 2 aliphatic rings. The highest BCUT2D eigenvalue weighted by atomic mass is 127. The van der Waals surface area contributed by atoms with Crippen molar-refractivity contribution in [3.63, 3.8) is 0 Å². The topological polar surface area (TPSA) is 114 Å². The summed E-state index contributed by atoms with van der Waals surface area (Å²) in [5.41, 5.74) is 4.19. The molecule has 37 heavy (non-hydrogen) atoms. The zero-order valence-electron chi connectivity index (χ0n) is 20.0. The van der Waals surface area contributed by atoms with Crippen molar-refractivity contribution >= 4 is 52.6 Å². The monoisotopic (exact) mass is 615 g/mol. The molecule has 192 valence electrons. The first-order chi connectivity index (χ1) is 18.2. The lowest BCUT2D eigenvalue weighted by Gasteiger charge is -2.30. The number of esters is 1. The van der Waals surface area contributed by atoms with Crippen LogP contribution in [0.5, 0.6) is 5.75 Å². The van der Waals surface area contributed by atoms with Crippen LogP contribution in [0.4, 0.5) is 17.8 Å². The van der Waals surface area contributed by atoms with E-state index in [1.54, 1.807) is 30.5 Å². The number of benzene rings is 2. The van der Waals surface area contributed by atoms with E-state index in [1.807, 2.05) is 24.3 Å². The fraction of sp³-hybridized carbons (Fsp3) is 0.320. The third-order valence-corrected chi connectivity index (χ3v) is 6.68. The second kappa shape index (κ2) is 12.3. The second-order valence-corrected chi connectivity index (χ2v) is 9.43. The lowest BCUT2D eigenvalue weighted by atomic mass is 10.2. The predicted octanol–water partition coefficient (Wildman–Crippen LogP) is 2.81. The number of ether oxygens (including phenoxy) is 3. The third kappa shape index (κ3) is 6.70. The normalized spacial score (nSPS) is 16.1. The lowest BCUT2D eigenvalue weighted by molar-refractivity contribution is 0.0733. The highest BCUT2D eigenvalue weighted by Gasteiger charge is 2.20. The number of rotatable bonds is 7. The molecule has 12 heteroatoms. The molecule has 11 nitrogen and oxygen atoms in total. The van der Waals surface area contributed by atoms with Crippen LogP contribution in [0.2, 0.25) is 0 Å². The molecule has 0 radical (unpaired) electrons. The van der Waals surface area contributed by atoms with Crippen LogP contribution in [-0.4, -0.2) is 79.7 Å². The van der Waals surface area contributed by atoms with E-state index in [2.05, 4.69) is 52.9 Å². The molecule has 0 unspecified atom stereocenters. The Labute approximate surface area is 228 Å². The van der Waals surface area contributed by atoms with Crippen LogP contribution in [0, 0.1) is 3.57 Å². The summed E-state index contributed by atoms with van der Waals surface area (Å²) < 4.78 is 17.3. The van der Waals surface area contributed by atoms with E-state index in [0.717, 1.165) is 9.13 Å². The van der Waals surface area contributed by atoms with Gasteiger partial charge in [0.2, 0.25) is 17.8 Å². The number of nitrogens with zero attached hydrogens (tertiary/aromatic N) is 6. The molecule has 0 aliphatic carbocycles. The smallest absolute Gasteiger partial charge is 0.344 e. The number of morpholine rings is 2. The number of hydrogen-bond acceptors (Lipinski definition) is 11. The van der Waals surface area contributed by atoms with Crippen molar-refractivity contribution < 1.29 is 19.0 Å². The van der Waals surface area contributed by atoms with Crippen LogP contribution in [0.3, 0.4) is 0 Å². The molecule has 2 saturated heterocycles. The maximum Gasteiger partial charge on any atom is 0.344 e. The number of anilines is 3. The number of halogens is 1. The molecule has 0 saturated carbocycles. The molecule has 0 spiro atoms. The molecule has 3 heterocycles. The first-order valence-electron chi connectivity index (χ1n) is 11.9. The predicted molar refractivity (Wildman–Crippen MR) is 148 cm³/mol. The number of hydrazone groups is 1. The zero-order valence-corrected chi connectivity index (χ0v) is 22.2. The maximum absolute atomic E-state index is 12.6. The molecule has 1 N–H and O–H groups in total. The molecule has 1 aromatic heterocycles. The summed E-state index contributed by atoms with van der Waals surface area (Å²) in [6.45, 7) is 5.36. The van der Waals surface area contributed by atoms with Crippen LogP contribution in [0.1, 0.15) is 15.9 Å². The Bertz CT molecular complexity index is 1230. The summed E-state index contributed by atoms with van der Waals surface area (Å²) in [4.78, 5) is 30.6. The van der Waals surface area contributed by atoms with E-state index < -0.39 is 5.97 Å². The molecule has 3 aromatic rings. The number of aromatic nitrogens is 3. The quantitative estimate of drug-likeness (QED) is 0.140. The molecule has 2 aromatic carbocycles. The Hall–Kier alpha value is -3.36. The fourth-order valence-electron chi connectivity index (χ4n) is 3.83. The molecule has 5 rings (SSSR count). The highest BCUT2D eigenvalue weighted by molar-refractivity contribution is 14.1. The van der Waals surface area contributed by atoms with Crippen molar-refractivity contribution in [3.05, 3.63) is 63.2 Å². The minimum absolute atomic E-state index is 0.343. The van der Waals surface area contributed by atoms with Crippen molar-refractivity contribution in [1.82, 2.24) is 15.0 Å². The SMILES string of the molecule is O=C(Oc1cccc(/C=N\Nc2nc(N3CCOCC3)nc(N3CCOCC3)n2)c1)c1ccccc1I. The summed E-state index contributed by atoms with van der Waals surface area (Å²) in [7, 11) is 0. The summed E-state index contributed by atoms with van der Waals surface area (Å²) in [6, 6.07) is 14.4. The van der Waals surface area contributed by atoms with Gasteiger partial charge in [-0.1, -0.05) is 24.3 Å². The summed E-state index contributed by atoms with van der Waals surface area (Å²) in [6.07, 6.45) is 1.62. The minimum atomic E-state index is -0.409. The van der Waals surface area contributed by atoms with Gasteiger partial charge in [0.05, 0.1) is 38.2 Å². The molecular weight excluding hydrogens is 589 g/mol. The molecule has 2 fully saturated rings. The van der Waals surface area contributed by atoms with E-state index in [9.17, 15) is 4.79 Å². The standard InChI is InChI=1S/C25H26IN7O4/c26-21-7-2-1-6-20(21)22(34)37-19-5-3-4-18(16-19)17-27-31-23-28-24(32-8-12-35-13-9-32)30-25(29-23)33-10-14-36-15-11-33/h1-7,16-17H,8-15H2,(H,28,29,30,31)/b27-17-. The van der Waals surface area contributed by atoms with Gasteiger partial charge in [-0.15, -0.1) is 0 Å². The van der Waals surface area contributed by atoms with Gasteiger partial charge < -0.3 is 24.0 Å². The second-order valence-electron chi connectivity index (χ2n) is 8.27. The summed E-state index contributed by atoms with van der Waals surface area (Å²) in [5, 5.41) is 4.32. The molecule has 2 aliphatic heterocycles. The maximum atomic E-state index is 12.6. The highest BCUT2D eigenvalue weighted by Crippen LogP contribution is 2.20. The van der Waals surface area contributed by atoms with Crippen LogP contribution < -0.4 is 20.0 Å². The number of carbonyl (C=O) groups is 1. The number of hydrogen-bond donors (Lipinski definition) is 1. The largest absolute Gasteiger partial charge is 0.423 e. The summed E-state index contributed by atoms with van der Waals surface area (Å²) in [5.74, 6) is 1.53. The Morgan fingerprint density at radius 2 is 1.57 bits per heavy atom. The van der Waals surface area contributed by atoms with Gasteiger partial charge in [-0.25, -0.2) is 10.2 Å². The average Bonchev–Trinajstić information content (AvgIpc) is 2.94. The van der Waals surface area contributed by atoms with E-state index in [1.165, 1.54) is 0 Å². The van der Waals surface area contributed by atoms with Gasteiger partial charge in [0.15, 0.2) is 0 Å². The lowest BCUT2D eigenvalue weighted by Crippen LogP contribution is -2.40. The molecule has 0 bridgehead atoms. The Morgan fingerprint density at radius 3 is 2.22 bits per heavy atom. The first kappa shape index (κ1) is 25.3. The first-order valence-corrected chi connectivity index (χ1v) is 13.0. The van der Waals surface area contributed by atoms with Crippen LogP contribution >= 0.6 is 22.6 Å². The van der Waals surface area contributed by atoms with Gasteiger partial charge in [-0.3, -0.25) is 0 Å². The van der Waals surface area contributed by atoms with Gasteiger partial charge >= 0.3 is 5.97 Å². The molecular formula is C25H26IN7O4. The third-order valence-electron chi connectivity index (χ3n) is 5.74. The number of nitrogens with one attached hydrogen (secondary N) is 1. The van der Waals surface area contributed by atoms with Gasteiger partial charge in [0.1, 0.15) is 5.75 Å². The van der Waals surface area contributed by atoms with E-state index in [4.69, 9.17) is 19.2 Å². The van der Waals surface area contributed by atoms with Crippen LogP contribution in [0.25, 0.3) is 0 Å². The van der Waals surface area contributed by atoms with Gasteiger partial charge in [0, 0.05) is 29.7 Å². The van der Waals surface area contributed by atoms with Crippen LogP contribution in [-0.2, 0) is 9.47 Å². The van der Waals surface area contributed by atoms with Gasteiger partial charge in [-0.05, 0) is 52.4 Å². The average molecular weight is 615 g/mol.